The van der Waals surface area contributed by atoms with Gasteiger partial charge in [0, 0.05) is 0 Å². The summed E-state index contributed by atoms with van der Waals surface area (Å²) < 4.78 is 0. The highest BCUT2D eigenvalue weighted by atomic mass is 14.2. The Kier molecular flexibility index (Phi) is 2.11. The summed E-state index contributed by atoms with van der Waals surface area (Å²) in [4.78, 5) is 0. The Morgan fingerprint density at radius 2 is 1.68 bits per heavy atom. The van der Waals surface area contributed by atoms with Crippen molar-refractivity contribution < 1.29 is 0 Å². The van der Waals surface area contributed by atoms with Crippen molar-refractivity contribution in [2.24, 2.45) is 0 Å². The molecular formula is C19H16. The lowest BCUT2D eigenvalue weighted by molar-refractivity contribution is 1.23. The van der Waals surface area contributed by atoms with Gasteiger partial charge in [0.05, 0.1) is 0 Å². The van der Waals surface area contributed by atoms with Gasteiger partial charge in [0.2, 0.25) is 0 Å². The molecule has 3 aromatic carbocycles. The summed E-state index contributed by atoms with van der Waals surface area (Å²) in [5.41, 5.74) is 8.62. The van der Waals surface area contributed by atoms with Gasteiger partial charge in [0.1, 0.15) is 0 Å². The molecule has 0 nitrogen and oxygen atoms in total. The van der Waals surface area contributed by atoms with Gasteiger partial charge in [-0.05, 0) is 64.9 Å². The molecular weight excluding hydrogens is 228 g/mol. The molecule has 1 aliphatic carbocycles. The molecule has 4 rings (SSSR count). The molecule has 0 radical (unpaired) electrons. The third-order valence-electron chi connectivity index (χ3n) is 4.37. The van der Waals surface area contributed by atoms with E-state index in [0.29, 0.717) is 0 Å². The van der Waals surface area contributed by atoms with Crippen molar-refractivity contribution in [2.75, 3.05) is 0 Å². The summed E-state index contributed by atoms with van der Waals surface area (Å²) in [5.74, 6) is 0. The van der Waals surface area contributed by atoms with Crippen LogP contribution >= 0.6 is 0 Å². The van der Waals surface area contributed by atoms with Crippen LogP contribution in [-0.2, 0) is 6.42 Å². The van der Waals surface area contributed by atoms with Crippen LogP contribution in [0.4, 0.5) is 0 Å². The monoisotopic (exact) mass is 244 g/mol. The number of benzene rings is 3. The molecule has 0 heterocycles. The van der Waals surface area contributed by atoms with Crippen LogP contribution in [0.5, 0.6) is 0 Å². The fourth-order valence-corrected chi connectivity index (χ4v) is 3.32. The van der Waals surface area contributed by atoms with Crippen molar-refractivity contribution in [2.45, 2.75) is 20.3 Å². The number of rotatable bonds is 0. The average Bonchev–Trinajstić information content (AvgIpc) is 2.79. The van der Waals surface area contributed by atoms with Crippen LogP contribution in [0.2, 0.25) is 0 Å². The maximum absolute atomic E-state index is 2.36. The van der Waals surface area contributed by atoms with Gasteiger partial charge in [-0.15, -0.1) is 0 Å². The van der Waals surface area contributed by atoms with E-state index in [-0.39, 0.29) is 0 Å². The van der Waals surface area contributed by atoms with E-state index in [2.05, 4.69) is 62.4 Å². The maximum atomic E-state index is 2.36. The second-order valence-corrected chi connectivity index (χ2v) is 5.59. The molecule has 19 heavy (non-hydrogen) atoms. The molecule has 0 saturated carbocycles. The Morgan fingerprint density at radius 3 is 2.58 bits per heavy atom. The van der Waals surface area contributed by atoms with Crippen LogP contribution in [0.1, 0.15) is 22.3 Å². The highest BCUT2D eigenvalue weighted by molar-refractivity contribution is 5.95. The van der Waals surface area contributed by atoms with Gasteiger partial charge >= 0.3 is 0 Å². The lowest BCUT2D eigenvalue weighted by Crippen LogP contribution is -1.89. The van der Waals surface area contributed by atoms with Crippen molar-refractivity contribution in [1.82, 2.24) is 0 Å². The van der Waals surface area contributed by atoms with Crippen molar-refractivity contribution >= 4 is 10.8 Å². The van der Waals surface area contributed by atoms with Crippen LogP contribution in [-0.4, -0.2) is 0 Å². The molecule has 0 heteroatoms. The van der Waals surface area contributed by atoms with Gasteiger partial charge in [0.15, 0.2) is 0 Å². The lowest BCUT2D eigenvalue weighted by atomic mass is 9.94. The predicted octanol–water partition coefficient (Wildman–Crippen LogP) is 5.03. The van der Waals surface area contributed by atoms with Crippen LogP contribution in [0.15, 0.2) is 48.5 Å². The van der Waals surface area contributed by atoms with Gasteiger partial charge in [-0.2, -0.15) is 0 Å². The molecule has 0 aliphatic heterocycles. The van der Waals surface area contributed by atoms with Gasteiger partial charge < -0.3 is 0 Å². The Morgan fingerprint density at radius 1 is 0.842 bits per heavy atom. The quantitative estimate of drug-likeness (QED) is 0.407. The molecule has 0 bridgehead atoms. The first-order chi connectivity index (χ1) is 9.24. The molecule has 3 aromatic rings. The first kappa shape index (κ1) is 10.8. The summed E-state index contributed by atoms with van der Waals surface area (Å²) in [6.45, 7) is 4.44. The van der Waals surface area contributed by atoms with Crippen LogP contribution < -0.4 is 0 Å². The topological polar surface area (TPSA) is 0 Å². The van der Waals surface area contributed by atoms with Gasteiger partial charge in [-0.1, -0.05) is 48.0 Å². The fraction of sp³-hybridized carbons (Fsp3) is 0.158. The number of hydrogen-bond donors (Lipinski definition) is 0. The highest BCUT2D eigenvalue weighted by Gasteiger charge is 2.20. The van der Waals surface area contributed by atoms with Crippen molar-refractivity contribution in [3.05, 3.63) is 70.8 Å². The molecule has 0 N–H and O–H groups in total. The Hall–Kier alpha value is -2.08. The van der Waals surface area contributed by atoms with E-state index in [0.717, 1.165) is 6.42 Å². The van der Waals surface area contributed by atoms with Crippen molar-refractivity contribution in [3.8, 4) is 11.1 Å². The minimum Gasteiger partial charge on any atom is -0.0619 e. The molecule has 0 spiro atoms. The van der Waals surface area contributed by atoms with E-state index >= 15 is 0 Å². The molecule has 0 atom stereocenters. The molecule has 0 aromatic heterocycles. The van der Waals surface area contributed by atoms with Crippen LogP contribution in [0.25, 0.3) is 21.9 Å². The molecule has 92 valence electrons. The summed E-state index contributed by atoms with van der Waals surface area (Å²) in [7, 11) is 0. The summed E-state index contributed by atoms with van der Waals surface area (Å²) >= 11 is 0. The van der Waals surface area contributed by atoms with Gasteiger partial charge in [-0.25, -0.2) is 0 Å². The van der Waals surface area contributed by atoms with Crippen LogP contribution in [0.3, 0.4) is 0 Å². The predicted molar refractivity (Wildman–Crippen MR) is 81.7 cm³/mol. The second-order valence-electron chi connectivity index (χ2n) is 5.59. The first-order valence-electron chi connectivity index (χ1n) is 6.85. The Labute approximate surface area is 113 Å². The smallest absolute Gasteiger partial charge is 0.00106 e. The van der Waals surface area contributed by atoms with Gasteiger partial charge in [0.25, 0.3) is 0 Å². The van der Waals surface area contributed by atoms with Crippen molar-refractivity contribution in [3.63, 3.8) is 0 Å². The van der Waals surface area contributed by atoms with E-state index in [4.69, 9.17) is 0 Å². The summed E-state index contributed by atoms with van der Waals surface area (Å²) in [6.07, 6.45) is 1.08. The first-order valence-corrected chi connectivity index (χ1v) is 6.85. The summed E-state index contributed by atoms with van der Waals surface area (Å²) in [5, 5.41) is 2.77. The fourth-order valence-electron chi connectivity index (χ4n) is 3.32. The van der Waals surface area contributed by atoms with E-state index in [9.17, 15) is 0 Å². The van der Waals surface area contributed by atoms with E-state index in [1.54, 1.807) is 0 Å². The normalized spacial score (nSPS) is 12.5. The third-order valence-corrected chi connectivity index (χ3v) is 4.37. The highest BCUT2D eigenvalue weighted by Crippen LogP contribution is 2.41. The molecule has 0 fully saturated rings. The minimum absolute atomic E-state index is 1.08. The zero-order valence-corrected chi connectivity index (χ0v) is 11.3. The third kappa shape index (κ3) is 1.46. The maximum Gasteiger partial charge on any atom is -0.00106 e. The minimum atomic E-state index is 1.08. The van der Waals surface area contributed by atoms with Crippen molar-refractivity contribution in [1.29, 1.82) is 0 Å². The zero-order valence-electron chi connectivity index (χ0n) is 11.3. The van der Waals surface area contributed by atoms with E-state index in [1.807, 2.05) is 0 Å². The SMILES string of the molecule is Cc1ccc2cc3c(c(C)c2c1)Cc1ccccc1-3. The van der Waals surface area contributed by atoms with E-state index < -0.39 is 0 Å². The Bertz CT molecular complexity index is 810. The lowest BCUT2D eigenvalue weighted by Gasteiger charge is -2.10. The molecule has 1 aliphatic rings. The number of aryl methyl sites for hydroxylation is 2. The van der Waals surface area contributed by atoms with E-state index in [1.165, 1.54) is 44.2 Å². The standard InChI is InChI=1S/C19H16/c1-12-7-8-15-11-19-16-6-4-3-5-14(16)10-18(19)13(2)17(15)9-12/h3-9,11H,10H2,1-2H3. The number of hydrogen-bond acceptors (Lipinski definition) is 0. The molecule has 0 saturated heterocycles. The Balaban J connectivity index is 2.10. The second kappa shape index (κ2) is 3.71. The van der Waals surface area contributed by atoms with Gasteiger partial charge in [-0.3, -0.25) is 0 Å². The zero-order chi connectivity index (χ0) is 13.0. The molecule has 0 unspecified atom stereocenters. The summed E-state index contributed by atoms with van der Waals surface area (Å²) in [6, 6.07) is 17.9. The van der Waals surface area contributed by atoms with Crippen LogP contribution in [0, 0.1) is 13.8 Å². The average molecular weight is 244 g/mol. The number of fused-ring (bicyclic) bond motifs is 4. The molecule has 0 amide bonds. The largest absolute Gasteiger partial charge is 0.0619 e.